The molecule has 0 saturated heterocycles. The lowest BCUT2D eigenvalue weighted by Crippen LogP contribution is -2.45. The van der Waals surface area contributed by atoms with Crippen LogP contribution in [-0.2, 0) is 25.5 Å². The highest BCUT2D eigenvalue weighted by atomic mass is 16.6. The van der Waals surface area contributed by atoms with Gasteiger partial charge in [-0.15, -0.1) is 0 Å². The van der Waals surface area contributed by atoms with E-state index >= 15 is 0 Å². The van der Waals surface area contributed by atoms with Crippen LogP contribution in [0.5, 0.6) is 0 Å². The molecule has 0 aliphatic rings. The molecule has 0 radical (unpaired) electrons. The van der Waals surface area contributed by atoms with Crippen molar-refractivity contribution in [2.45, 2.75) is 52.2 Å². The van der Waals surface area contributed by atoms with Crippen molar-refractivity contribution in [3.05, 3.63) is 35.9 Å². The van der Waals surface area contributed by atoms with E-state index in [0.29, 0.717) is 0 Å². The first-order chi connectivity index (χ1) is 11.1. The SMILES string of the molecule is C[C@@H](CC(=O)OC(C)(C)C)C(=O)N[C@H](Cc1ccccc1)C(=O)O. The largest absolute Gasteiger partial charge is 0.480 e. The number of ether oxygens (including phenoxy) is 1. The predicted octanol–water partition coefficient (Wildman–Crippen LogP) is 2.17. The van der Waals surface area contributed by atoms with Gasteiger partial charge in [0.15, 0.2) is 0 Å². The lowest BCUT2D eigenvalue weighted by molar-refractivity contribution is -0.157. The Balaban J connectivity index is 2.61. The van der Waals surface area contributed by atoms with Crippen molar-refractivity contribution in [3.63, 3.8) is 0 Å². The summed E-state index contributed by atoms with van der Waals surface area (Å²) < 4.78 is 5.17. The highest BCUT2D eigenvalue weighted by Gasteiger charge is 2.26. The lowest BCUT2D eigenvalue weighted by atomic mass is 10.0. The number of carbonyl (C=O) groups is 3. The second-order valence-electron chi connectivity index (χ2n) is 6.78. The quantitative estimate of drug-likeness (QED) is 0.745. The summed E-state index contributed by atoms with van der Waals surface area (Å²) in [6, 6.07) is 8.00. The summed E-state index contributed by atoms with van der Waals surface area (Å²) in [5.41, 5.74) is 0.189. The standard InChI is InChI=1S/C18H25NO5/c1-12(10-15(20)24-18(2,3)4)16(21)19-14(17(22)23)11-13-8-6-5-7-9-13/h5-9,12,14H,10-11H2,1-4H3,(H,19,21)(H,22,23)/t12-,14+/m0/s1. The Morgan fingerprint density at radius 1 is 1.17 bits per heavy atom. The molecule has 0 spiro atoms. The zero-order valence-corrected chi connectivity index (χ0v) is 14.5. The van der Waals surface area contributed by atoms with E-state index in [1.807, 2.05) is 6.07 Å². The van der Waals surface area contributed by atoms with Gasteiger partial charge in [0.25, 0.3) is 0 Å². The van der Waals surface area contributed by atoms with E-state index in [9.17, 15) is 19.5 Å². The molecular weight excluding hydrogens is 310 g/mol. The van der Waals surface area contributed by atoms with Gasteiger partial charge in [-0.25, -0.2) is 4.79 Å². The van der Waals surface area contributed by atoms with Crippen LogP contribution in [0, 0.1) is 5.92 Å². The van der Waals surface area contributed by atoms with Crippen molar-refractivity contribution in [1.82, 2.24) is 5.32 Å². The lowest BCUT2D eigenvalue weighted by Gasteiger charge is -2.21. The average molecular weight is 335 g/mol. The summed E-state index contributed by atoms with van der Waals surface area (Å²) in [5.74, 6) is -2.75. The molecular formula is C18H25NO5. The smallest absolute Gasteiger partial charge is 0.326 e. The van der Waals surface area contributed by atoms with Gasteiger partial charge in [0, 0.05) is 12.3 Å². The zero-order valence-electron chi connectivity index (χ0n) is 14.5. The van der Waals surface area contributed by atoms with Crippen LogP contribution < -0.4 is 5.32 Å². The first-order valence-corrected chi connectivity index (χ1v) is 7.87. The molecule has 2 atom stereocenters. The van der Waals surface area contributed by atoms with Crippen LogP contribution in [0.2, 0.25) is 0 Å². The Hall–Kier alpha value is -2.37. The van der Waals surface area contributed by atoms with Gasteiger partial charge < -0.3 is 15.2 Å². The molecule has 1 rings (SSSR count). The molecule has 0 bridgehead atoms. The number of aliphatic carboxylic acids is 1. The summed E-state index contributed by atoms with van der Waals surface area (Å²) in [6.07, 6.45) is 0.0852. The summed E-state index contributed by atoms with van der Waals surface area (Å²) in [7, 11) is 0. The van der Waals surface area contributed by atoms with Gasteiger partial charge >= 0.3 is 11.9 Å². The monoisotopic (exact) mass is 335 g/mol. The third kappa shape index (κ3) is 7.26. The van der Waals surface area contributed by atoms with Crippen LogP contribution in [-0.4, -0.2) is 34.6 Å². The minimum Gasteiger partial charge on any atom is -0.480 e. The van der Waals surface area contributed by atoms with Crippen molar-refractivity contribution in [3.8, 4) is 0 Å². The maximum Gasteiger partial charge on any atom is 0.326 e. The number of carboxylic acids is 1. The Morgan fingerprint density at radius 3 is 2.25 bits per heavy atom. The van der Waals surface area contributed by atoms with E-state index in [4.69, 9.17) is 4.74 Å². The Morgan fingerprint density at radius 2 is 1.75 bits per heavy atom. The second kappa shape index (κ2) is 8.47. The van der Waals surface area contributed by atoms with E-state index < -0.39 is 35.4 Å². The molecule has 0 aliphatic heterocycles. The molecule has 0 fully saturated rings. The normalized spacial score (nSPS) is 13.7. The maximum absolute atomic E-state index is 12.2. The molecule has 1 aromatic rings. The highest BCUT2D eigenvalue weighted by molar-refractivity contribution is 5.87. The fourth-order valence-corrected chi connectivity index (χ4v) is 2.09. The second-order valence-corrected chi connectivity index (χ2v) is 6.78. The molecule has 2 N–H and O–H groups in total. The molecule has 0 aromatic heterocycles. The third-order valence-corrected chi connectivity index (χ3v) is 3.24. The van der Waals surface area contributed by atoms with Gasteiger partial charge in [-0.1, -0.05) is 37.3 Å². The predicted molar refractivity (Wildman–Crippen MR) is 89.3 cm³/mol. The fourth-order valence-electron chi connectivity index (χ4n) is 2.09. The molecule has 6 nitrogen and oxygen atoms in total. The minimum atomic E-state index is -1.11. The average Bonchev–Trinajstić information content (AvgIpc) is 2.45. The van der Waals surface area contributed by atoms with E-state index in [2.05, 4.69) is 5.32 Å². The number of carbonyl (C=O) groups excluding carboxylic acids is 2. The van der Waals surface area contributed by atoms with Gasteiger partial charge in [-0.3, -0.25) is 9.59 Å². The number of hydrogen-bond acceptors (Lipinski definition) is 4. The van der Waals surface area contributed by atoms with Crippen molar-refractivity contribution in [1.29, 1.82) is 0 Å². The number of benzene rings is 1. The fraction of sp³-hybridized carbons (Fsp3) is 0.500. The van der Waals surface area contributed by atoms with E-state index in [0.717, 1.165) is 5.56 Å². The van der Waals surface area contributed by atoms with Crippen molar-refractivity contribution < 1.29 is 24.2 Å². The van der Waals surface area contributed by atoms with Crippen LogP contribution >= 0.6 is 0 Å². The van der Waals surface area contributed by atoms with Gasteiger partial charge in [-0.05, 0) is 26.3 Å². The van der Waals surface area contributed by atoms with Crippen molar-refractivity contribution in [2.75, 3.05) is 0 Å². The summed E-state index contributed by atoms with van der Waals surface area (Å²) >= 11 is 0. The summed E-state index contributed by atoms with van der Waals surface area (Å²) in [6.45, 7) is 6.81. The first kappa shape index (κ1) is 19.7. The number of hydrogen-bond donors (Lipinski definition) is 2. The maximum atomic E-state index is 12.2. The van der Waals surface area contributed by atoms with Crippen LogP contribution in [0.4, 0.5) is 0 Å². The van der Waals surface area contributed by atoms with Gasteiger partial charge in [0.2, 0.25) is 5.91 Å². The molecule has 0 saturated carbocycles. The molecule has 0 aliphatic carbocycles. The van der Waals surface area contributed by atoms with Crippen LogP contribution in [0.1, 0.15) is 39.7 Å². The van der Waals surface area contributed by atoms with Gasteiger partial charge in [0.05, 0.1) is 6.42 Å². The van der Waals surface area contributed by atoms with Crippen molar-refractivity contribution >= 4 is 17.8 Å². The molecule has 6 heteroatoms. The van der Waals surface area contributed by atoms with E-state index in [-0.39, 0.29) is 12.8 Å². The zero-order chi connectivity index (χ0) is 18.3. The van der Waals surface area contributed by atoms with E-state index in [1.165, 1.54) is 0 Å². The number of esters is 1. The third-order valence-electron chi connectivity index (χ3n) is 3.24. The molecule has 132 valence electrons. The Bertz CT molecular complexity index is 577. The van der Waals surface area contributed by atoms with E-state index in [1.54, 1.807) is 52.0 Å². The first-order valence-electron chi connectivity index (χ1n) is 7.87. The molecule has 1 aromatic carbocycles. The Labute approximate surface area is 142 Å². The Kier molecular flexibility index (Phi) is 6.95. The number of rotatable bonds is 7. The number of amides is 1. The molecule has 0 unspecified atom stereocenters. The molecule has 1 amide bonds. The minimum absolute atomic E-state index is 0.0964. The number of carboxylic acid groups (broad SMARTS) is 1. The van der Waals surface area contributed by atoms with Crippen LogP contribution in [0.15, 0.2) is 30.3 Å². The van der Waals surface area contributed by atoms with Crippen molar-refractivity contribution in [2.24, 2.45) is 5.92 Å². The molecule has 0 heterocycles. The van der Waals surface area contributed by atoms with Crippen LogP contribution in [0.3, 0.4) is 0 Å². The van der Waals surface area contributed by atoms with Gasteiger partial charge in [-0.2, -0.15) is 0 Å². The van der Waals surface area contributed by atoms with Gasteiger partial charge in [0.1, 0.15) is 11.6 Å². The summed E-state index contributed by atoms with van der Waals surface area (Å²) in [4.78, 5) is 35.3. The topological polar surface area (TPSA) is 92.7 Å². The van der Waals surface area contributed by atoms with Crippen LogP contribution in [0.25, 0.3) is 0 Å². The highest BCUT2D eigenvalue weighted by Crippen LogP contribution is 2.12. The summed E-state index contributed by atoms with van der Waals surface area (Å²) in [5, 5.41) is 11.8. The molecule has 24 heavy (non-hydrogen) atoms. The number of nitrogens with one attached hydrogen (secondary N) is 1.